The summed E-state index contributed by atoms with van der Waals surface area (Å²) in [5.41, 5.74) is 8.67. The first-order valence-corrected chi connectivity index (χ1v) is 12.5. The van der Waals surface area contributed by atoms with Crippen LogP contribution in [0, 0.1) is 17.1 Å². The number of halogens is 2. The van der Waals surface area contributed by atoms with E-state index in [9.17, 15) is 14.4 Å². The summed E-state index contributed by atoms with van der Waals surface area (Å²) in [7, 11) is 0. The Hall–Kier alpha value is -5.00. The molecule has 0 spiro atoms. The quantitative estimate of drug-likeness (QED) is 0.202. The third-order valence-corrected chi connectivity index (χ3v) is 6.38. The lowest BCUT2D eigenvalue weighted by Gasteiger charge is -2.26. The number of benzene rings is 4. The summed E-state index contributed by atoms with van der Waals surface area (Å²) in [4.78, 5) is 12.3. The standard InChI is InChI=1S/C31H22ClFN2O5/c32-21-5-11-24(12-6-21)38-18-29(36)39-25-13-14-26-28(15-25)40-31(35)27(16-34)30(26)20-3-9-23(10-4-20)37-17-19-1-7-22(33)8-2-19/h1-15,30H,17-18,35H2. The highest BCUT2D eigenvalue weighted by Gasteiger charge is 2.31. The highest BCUT2D eigenvalue weighted by atomic mass is 35.5. The van der Waals surface area contributed by atoms with E-state index in [1.54, 1.807) is 66.7 Å². The minimum atomic E-state index is -0.611. The summed E-state index contributed by atoms with van der Waals surface area (Å²) in [6.45, 7) is -0.0271. The van der Waals surface area contributed by atoms with Crippen molar-refractivity contribution in [3.05, 3.63) is 130 Å². The van der Waals surface area contributed by atoms with E-state index in [-0.39, 0.29) is 36.2 Å². The number of rotatable bonds is 8. The molecule has 0 aromatic heterocycles. The first kappa shape index (κ1) is 26.6. The number of hydrogen-bond donors (Lipinski definition) is 1. The van der Waals surface area contributed by atoms with Crippen LogP contribution in [0.25, 0.3) is 0 Å². The Labute approximate surface area is 234 Å². The van der Waals surface area contributed by atoms with Crippen molar-refractivity contribution in [2.24, 2.45) is 5.73 Å². The van der Waals surface area contributed by atoms with Crippen molar-refractivity contribution in [2.45, 2.75) is 12.5 Å². The van der Waals surface area contributed by atoms with Gasteiger partial charge in [-0.2, -0.15) is 5.26 Å². The van der Waals surface area contributed by atoms with Crippen molar-refractivity contribution in [1.29, 1.82) is 5.26 Å². The highest BCUT2D eigenvalue weighted by Crippen LogP contribution is 2.43. The maximum Gasteiger partial charge on any atom is 0.349 e. The number of hydrogen-bond acceptors (Lipinski definition) is 7. The van der Waals surface area contributed by atoms with Gasteiger partial charge in [0.05, 0.1) is 5.92 Å². The first-order valence-electron chi connectivity index (χ1n) is 12.2. The molecule has 1 unspecified atom stereocenters. The maximum absolute atomic E-state index is 13.1. The van der Waals surface area contributed by atoms with Crippen LogP contribution in [-0.4, -0.2) is 12.6 Å². The van der Waals surface area contributed by atoms with Crippen LogP contribution in [0.5, 0.6) is 23.0 Å². The van der Waals surface area contributed by atoms with Gasteiger partial charge in [0.15, 0.2) is 6.61 Å². The molecule has 0 radical (unpaired) electrons. The third kappa shape index (κ3) is 6.17. The summed E-state index contributed by atoms with van der Waals surface area (Å²) in [5, 5.41) is 10.4. The van der Waals surface area contributed by atoms with E-state index in [0.29, 0.717) is 27.8 Å². The molecular weight excluding hydrogens is 535 g/mol. The molecule has 4 aromatic rings. The SMILES string of the molecule is N#CC1=C(N)Oc2cc(OC(=O)COc3ccc(Cl)cc3)ccc2C1c1ccc(OCc2ccc(F)cc2)cc1. The van der Waals surface area contributed by atoms with E-state index in [1.807, 2.05) is 12.1 Å². The Balaban J connectivity index is 1.29. The number of esters is 1. The molecule has 0 bridgehead atoms. The zero-order valence-electron chi connectivity index (χ0n) is 21.0. The molecule has 5 rings (SSSR count). The van der Waals surface area contributed by atoms with Gasteiger partial charge in [0.1, 0.15) is 47.1 Å². The molecule has 1 atom stereocenters. The molecule has 7 nitrogen and oxygen atoms in total. The van der Waals surface area contributed by atoms with E-state index in [1.165, 1.54) is 12.1 Å². The first-order chi connectivity index (χ1) is 19.4. The van der Waals surface area contributed by atoms with E-state index in [4.69, 9.17) is 36.3 Å². The molecule has 2 N–H and O–H groups in total. The van der Waals surface area contributed by atoms with Gasteiger partial charge in [-0.3, -0.25) is 0 Å². The van der Waals surface area contributed by atoms with Crippen LogP contribution < -0.4 is 24.7 Å². The number of nitrogens with two attached hydrogens (primary N) is 1. The molecule has 40 heavy (non-hydrogen) atoms. The third-order valence-electron chi connectivity index (χ3n) is 6.12. The van der Waals surface area contributed by atoms with Crippen molar-refractivity contribution in [1.82, 2.24) is 0 Å². The molecule has 0 fully saturated rings. The van der Waals surface area contributed by atoms with Crippen molar-refractivity contribution >= 4 is 17.6 Å². The molecular formula is C31H22ClFN2O5. The molecule has 0 saturated carbocycles. The van der Waals surface area contributed by atoms with Gasteiger partial charge < -0.3 is 24.7 Å². The van der Waals surface area contributed by atoms with E-state index < -0.39 is 11.9 Å². The van der Waals surface area contributed by atoms with Crippen molar-refractivity contribution in [3.63, 3.8) is 0 Å². The van der Waals surface area contributed by atoms with Crippen molar-refractivity contribution in [2.75, 3.05) is 6.61 Å². The number of allylic oxidation sites excluding steroid dienone is 1. The van der Waals surface area contributed by atoms with E-state index in [2.05, 4.69) is 6.07 Å². The molecule has 9 heteroatoms. The molecule has 0 saturated heterocycles. The lowest BCUT2D eigenvalue weighted by atomic mass is 9.83. The van der Waals surface area contributed by atoms with Crippen LogP contribution >= 0.6 is 11.6 Å². The lowest BCUT2D eigenvalue weighted by Crippen LogP contribution is -2.21. The van der Waals surface area contributed by atoms with Crippen LogP contribution in [0.3, 0.4) is 0 Å². The fourth-order valence-corrected chi connectivity index (χ4v) is 4.31. The van der Waals surface area contributed by atoms with Crippen molar-refractivity contribution < 1.29 is 28.1 Å². The normalized spacial score (nSPS) is 14.0. The Kier molecular flexibility index (Phi) is 7.85. The number of carbonyl (C=O) groups is 1. The summed E-state index contributed by atoms with van der Waals surface area (Å²) < 4.78 is 35.5. The van der Waals surface area contributed by atoms with E-state index >= 15 is 0 Å². The van der Waals surface area contributed by atoms with Crippen LogP contribution in [0.15, 0.2) is 102 Å². The molecule has 1 heterocycles. The predicted molar refractivity (Wildman–Crippen MR) is 145 cm³/mol. The number of nitriles is 1. The fraction of sp³-hybridized carbons (Fsp3) is 0.0968. The van der Waals surface area contributed by atoms with Crippen LogP contribution in [0.4, 0.5) is 4.39 Å². The summed E-state index contributed by atoms with van der Waals surface area (Å²) in [5.74, 6) is 0.232. The second-order valence-corrected chi connectivity index (χ2v) is 9.26. The topological polar surface area (TPSA) is 104 Å². The zero-order valence-corrected chi connectivity index (χ0v) is 21.7. The molecule has 1 aliphatic heterocycles. The van der Waals surface area contributed by atoms with Gasteiger partial charge in [-0.15, -0.1) is 0 Å². The molecule has 200 valence electrons. The molecule has 4 aromatic carbocycles. The van der Waals surface area contributed by atoms with Gasteiger partial charge in [0.25, 0.3) is 0 Å². The predicted octanol–water partition coefficient (Wildman–Crippen LogP) is 6.26. The van der Waals surface area contributed by atoms with Crippen molar-refractivity contribution in [3.8, 4) is 29.1 Å². The van der Waals surface area contributed by atoms with Crippen LogP contribution in [-0.2, 0) is 11.4 Å². The minimum absolute atomic E-state index is 0.0359. The van der Waals surface area contributed by atoms with E-state index in [0.717, 1.165) is 11.1 Å². The average Bonchev–Trinajstić information content (AvgIpc) is 2.96. The Morgan fingerprint density at radius 1 is 0.925 bits per heavy atom. The molecule has 0 amide bonds. The highest BCUT2D eigenvalue weighted by molar-refractivity contribution is 6.30. The number of fused-ring (bicyclic) bond motifs is 1. The number of ether oxygens (including phenoxy) is 4. The van der Waals surface area contributed by atoms with Crippen LogP contribution in [0.2, 0.25) is 5.02 Å². The molecule has 1 aliphatic rings. The Morgan fingerprint density at radius 2 is 1.57 bits per heavy atom. The fourth-order valence-electron chi connectivity index (χ4n) is 4.18. The summed E-state index contributed by atoms with van der Waals surface area (Å²) in [6.07, 6.45) is 0. The number of carbonyl (C=O) groups excluding carboxylic acids is 1. The van der Waals surface area contributed by atoms with Gasteiger partial charge in [-0.05, 0) is 65.7 Å². The van der Waals surface area contributed by atoms with Gasteiger partial charge in [-0.1, -0.05) is 41.9 Å². The van der Waals surface area contributed by atoms with Gasteiger partial charge in [0.2, 0.25) is 5.88 Å². The van der Waals surface area contributed by atoms with Crippen LogP contribution in [0.1, 0.15) is 22.6 Å². The maximum atomic E-state index is 13.1. The smallest absolute Gasteiger partial charge is 0.349 e. The minimum Gasteiger partial charge on any atom is -0.489 e. The number of nitrogens with zero attached hydrogens (tertiary/aromatic N) is 1. The van der Waals surface area contributed by atoms with Gasteiger partial charge in [0, 0.05) is 16.7 Å². The zero-order chi connectivity index (χ0) is 28.1. The molecule has 0 aliphatic carbocycles. The Bertz CT molecular complexity index is 1600. The lowest BCUT2D eigenvalue weighted by molar-refractivity contribution is -0.136. The Morgan fingerprint density at radius 3 is 2.27 bits per heavy atom. The summed E-state index contributed by atoms with van der Waals surface area (Å²) >= 11 is 5.86. The summed E-state index contributed by atoms with van der Waals surface area (Å²) in [6, 6.07) is 27.0. The second-order valence-electron chi connectivity index (χ2n) is 8.83. The van der Waals surface area contributed by atoms with Gasteiger partial charge in [-0.25, -0.2) is 9.18 Å². The average molecular weight is 557 g/mol. The largest absolute Gasteiger partial charge is 0.489 e. The van der Waals surface area contributed by atoms with Gasteiger partial charge >= 0.3 is 5.97 Å². The second kappa shape index (κ2) is 11.8. The monoisotopic (exact) mass is 556 g/mol.